The van der Waals surface area contributed by atoms with E-state index in [9.17, 15) is 0 Å². The molecule has 2 aromatic rings. The monoisotopic (exact) mass is 275 g/mol. The zero-order valence-electron chi connectivity index (χ0n) is 12.6. The lowest BCUT2D eigenvalue weighted by Crippen LogP contribution is -2.17. The van der Waals surface area contributed by atoms with Crippen LogP contribution in [0.25, 0.3) is 0 Å². The minimum Gasteiger partial charge on any atom is -0.479 e. The van der Waals surface area contributed by atoms with Gasteiger partial charge in [-0.3, -0.25) is 4.68 Å². The summed E-state index contributed by atoms with van der Waals surface area (Å²) in [5.41, 5.74) is 3.01. The quantitative estimate of drug-likeness (QED) is 0.905. The number of anilines is 2. The third kappa shape index (κ3) is 2.68. The molecular weight excluding hydrogens is 254 g/mol. The molecule has 0 fully saturated rings. The molecule has 0 amide bonds. The minimum atomic E-state index is 0.0966. The second-order valence-corrected chi connectivity index (χ2v) is 4.85. The molecule has 0 aliphatic rings. The lowest BCUT2D eigenvalue weighted by molar-refractivity contribution is 0.399. The molecule has 108 valence electrons. The molecule has 6 nitrogen and oxygen atoms in total. The molecule has 1 N–H and O–H groups in total. The largest absolute Gasteiger partial charge is 0.479 e. The van der Waals surface area contributed by atoms with E-state index in [0.29, 0.717) is 5.88 Å². The summed E-state index contributed by atoms with van der Waals surface area (Å²) in [4.78, 5) is 6.29. The number of pyridine rings is 1. The fraction of sp³-hybridized carbons (Fsp3) is 0.429. The van der Waals surface area contributed by atoms with Gasteiger partial charge in [0.1, 0.15) is 5.69 Å². The van der Waals surface area contributed by atoms with Crippen molar-refractivity contribution in [2.45, 2.75) is 13.0 Å². The topological polar surface area (TPSA) is 55.2 Å². The van der Waals surface area contributed by atoms with Gasteiger partial charge in [-0.15, -0.1) is 0 Å². The van der Waals surface area contributed by atoms with Crippen molar-refractivity contribution < 1.29 is 4.74 Å². The highest BCUT2D eigenvalue weighted by Gasteiger charge is 2.16. The Hall–Kier alpha value is -2.24. The molecule has 2 heterocycles. The average Bonchev–Trinajstić information content (AvgIpc) is 2.85. The summed E-state index contributed by atoms with van der Waals surface area (Å²) in [6.45, 7) is 2.09. The smallest absolute Gasteiger partial charge is 0.239 e. The van der Waals surface area contributed by atoms with Crippen LogP contribution in [0.15, 0.2) is 24.5 Å². The molecule has 0 spiro atoms. The highest BCUT2D eigenvalue weighted by Crippen LogP contribution is 2.34. The van der Waals surface area contributed by atoms with E-state index in [2.05, 4.69) is 22.3 Å². The third-order valence-corrected chi connectivity index (χ3v) is 3.23. The summed E-state index contributed by atoms with van der Waals surface area (Å²) in [6, 6.07) is 4.05. The number of methoxy groups -OCH3 is 1. The molecule has 1 unspecified atom stereocenters. The highest BCUT2D eigenvalue weighted by atomic mass is 16.5. The van der Waals surface area contributed by atoms with Crippen molar-refractivity contribution >= 4 is 11.4 Å². The molecule has 0 radical (unpaired) electrons. The maximum absolute atomic E-state index is 5.36. The van der Waals surface area contributed by atoms with E-state index in [1.54, 1.807) is 19.5 Å². The summed E-state index contributed by atoms with van der Waals surface area (Å²) in [7, 11) is 7.55. The summed E-state index contributed by atoms with van der Waals surface area (Å²) >= 11 is 0. The van der Waals surface area contributed by atoms with Gasteiger partial charge in [0, 0.05) is 33.5 Å². The fourth-order valence-corrected chi connectivity index (χ4v) is 2.20. The number of nitrogens with one attached hydrogen (secondary N) is 1. The van der Waals surface area contributed by atoms with Crippen molar-refractivity contribution in [3.05, 3.63) is 30.2 Å². The van der Waals surface area contributed by atoms with Crippen molar-refractivity contribution in [1.82, 2.24) is 14.8 Å². The van der Waals surface area contributed by atoms with Crippen molar-refractivity contribution in [3.63, 3.8) is 0 Å². The van der Waals surface area contributed by atoms with Gasteiger partial charge in [0.2, 0.25) is 5.88 Å². The van der Waals surface area contributed by atoms with Gasteiger partial charge in [0.05, 0.1) is 24.5 Å². The van der Waals surface area contributed by atoms with Gasteiger partial charge in [0.15, 0.2) is 0 Å². The van der Waals surface area contributed by atoms with Gasteiger partial charge < -0.3 is 15.0 Å². The number of ether oxygens (including phenoxy) is 1. The van der Waals surface area contributed by atoms with Gasteiger partial charge in [-0.25, -0.2) is 4.98 Å². The first-order chi connectivity index (χ1) is 9.54. The number of aryl methyl sites for hydroxylation is 1. The van der Waals surface area contributed by atoms with Crippen LogP contribution in [0, 0.1) is 0 Å². The molecule has 0 aromatic carbocycles. The Labute approximate surface area is 119 Å². The molecule has 0 aliphatic heterocycles. The molecule has 0 saturated carbocycles. The number of hydrogen-bond acceptors (Lipinski definition) is 5. The van der Waals surface area contributed by atoms with E-state index in [-0.39, 0.29) is 6.04 Å². The maximum Gasteiger partial charge on any atom is 0.239 e. The summed E-state index contributed by atoms with van der Waals surface area (Å²) in [6.07, 6.45) is 3.54. The molecule has 20 heavy (non-hydrogen) atoms. The predicted octanol–water partition coefficient (Wildman–Crippen LogP) is 2.06. The SMILES string of the molecule is COc1nccc(N(C)C)c1NC(C)c1ccnn1C. The van der Waals surface area contributed by atoms with E-state index < -0.39 is 0 Å². The normalized spacial score (nSPS) is 12.1. The number of rotatable bonds is 5. The van der Waals surface area contributed by atoms with Crippen LogP contribution in [0.2, 0.25) is 0 Å². The summed E-state index contributed by atoms with van der Waals surface area (Å²) in [5.74, 6) is 0.588. The molecular formula is C14H21N5O. The van der Waals surface area contributed by atoms with Crippen LogP contribution < -0.4 is 15.0 Å². The van der Waals surface area contributed by atoms with Gasteiger partial charge >= 0.3 is 0 Å². The number of nitrogens with zero attached hydrogens (tertiary/aromatic N) is 4. The molecule has 2 aromatic heterocycles. The summed E-state index contributed by atoms with van der Waals surface area (Å²) < 4.78 is 7.22. The molecule has 0 aliphatic carbocycles. The van der Waals surface area contributed by atoms with E-state index in [1.165, 1.54) is 0 Å². The minimum absolute atomic E-state index is 0.0966. The zero-order valence-corrected chi connectivity index (χ0v) is 12.6. The van der Waals surface area contributed by atoms with Crippen LogP contribution in [0.4, 0.5) is 11.4 Å². The highest BCUT2D eigenvalue weighted by molar-refractivity contribution is 5.74. The number of aromatic nitrogens is 3. The van der Waals surface area contributed by atoms with E-state index in [4.69, 9.17) is 4.74 Å². The Balaban J connectivity index is 2.35. The van der Waals surface area contributed by atoms with Crippen LogP contribution in [-0.2, 0) is 7.05 Å². The maximum atomic E-state index is 5.36. The van der Waals surface area contributed by atoms with Crippen LogP contribution in [-0.4, -0.2) is 36.0 Å². The Bertz CT molecular complexity index is 579. The average molecular weight is 275 g/mol. The second kappa shape index (κ2) is 5.81. The van der Waals surface area contributed by atoms with Crippen molar-refractivity contribution in [3.8, 4) is 5.88 Å². The molecule has 2 rings (SSSR count). The fourth-order valence-electron chi connectivity index (χ4n) is 2.20. The Kier molecular flexibility index (Phi) is 4.12. The van der Waals surface area contributed by atoms with Crippen LogP contribution >= 0.6 is 0 Å². The molecule has 1 atom stereocenters. The van der Waals surface area contributed by atoms with Crippen LogP contribution in [0.1, 0.15) is 18.7 Å². The van der Waals surface area contributed by atoms with Crippen LogP contribution in [0.3, 0.4) is 0 Å². The van der Waals surface area contributed by atoms with Crippen LogP contribution in [0.5, 0.6) is 5.88 Å². The third-order valence-electron chi connectivity index (χ3n) is 3.23. The van der Waals surface area contributed by atoms with Gasteiger partial charge in [-0.2, -0.15) is 5.10 Å². The Morgan fingerprint density at radius 1 is 1.30 bits per heavy atom. The standard InChI is InChI=1S/C14H21N5O/c1-10(11-7-9-16-19(11)4)17-13-12(18(2)3)6-8-15-14(13)20-5/h6-10,17H,1-5H3. The molecule has 6 heteroatoms. The lowest BCUT2D eigenvalue weighted by Gasteiger charge is -2.23. The van der Waals surface area contributed by atoms with Crippen molar-refractivity contribution in [2.75, 3.05) is 31.4 Å². The first-order valence-electron chi connectivity index (χ1n) is 6.49. The van der Waals surface area contributed by atoms with Crippen molar-refractivity contribution in [1.29, 1.82) is 0 Å². The first kappa shape index (κ1) is 14.2. The van der Waals surface area contributed by atoms with Gasteiger partial charge in [0.25, 0.3) is 0 Å². The molecule has 0 saturated heterocycles. The Morgan fingerprint density at radius 3 is 2.60 bits per heavy atom. The molecule has 0 bridgehead atoms. The van der Waals surface area contributed by atoms with Crippen molar-refractivity contribution in [2.24, 2.45) is 7.05 Å². The first-order valence-corrected chi connectivity index (χ1v) is 6.49. The van der Waals surface area contributed by atoms with E-state index in [1.807, 2.05) is 42.9 Å². The second-order valence-electron chi connectivity index (χ2n) is 4.85. The van der Waals surface area contributed by atoms with Gasteiger partial charge in [-0.1, -0.05) is 0 Å². The predicted molar refractivity (Wildman–Crippen MR) is 80.4 cm³/mol. The van der Waals surface area contributed by atoms with E-state index >= 15 is 0 Å². The number of hydrogen-bond donors (Lipinski definition) is 1. The summed E-state index contributed by atoms with van der Waals surface area (Å²) in [5, 5.41) is 7.66. The van der Waals surface area contributed by atoms with Gasteiger partial charge in [-0.05, 0) is 19.1 Å². The Morgan fingerprint density at radius 2 is 2.05 bits per heavy atom. The lowest BCUT2D eigenvalue weighted by atomic mass is 10.2. The zero-order chi connectivity index (χ0) is 14.7. The van der Waals surface area contributed by atoms with E-state index in [0.717, 1.165) is 17.1 Å².